The van der Waals surface area contributed by atoms with Gasteiger partial charge in [0.15, 0.2) is 0 Å². The molecule has 0 saturated heterocycles. The zero-order valence-electron chi connectivity index (χ0n) is 12.3. The third-order valence-electron chi connectivity index (χ3n) is 4.22. The standard InChI is InChI=1S/C17H18N2.2ClH/c1-12-3-5-16-14(7-12)9-18-11-19(16)10-15-8-13(2)4-6-17(15)18;;/h3-8H,9-11H2,1-2H3;2*1H. The highest BCUT2D eigenvalue weighted by Gasteiger charge is 2.28. The normalized spacial score (nSPS) is 14.6. The molecule has 0 amide bonds. The number of nitrogens with zero attached hydrogens (tertiary/aromatic N) is 2. The van der Waals surface area contributed by atoms with Crippen molar-refractivity contribution in [1.82, 2.24) is 0 Å². The van der Waals surface area contributed by atoms with Crippen LogP contribution in [0.15, 0.2) is 36.4 Å². The van der Waals surface area contributed by atoms with Crippen molar-refractivity contribution in [3.8, 4) is 0 Å². The summed E-state index contributed by atoms with van der Waals surface area (Å²) in [5, 5.41) is 0. The van der Waals surface area contributed by atoms with E-state index in [9.17, 15) is 0 Å². The molecule has 0 unspecified atom stereocenters. The molecule has 112 valence electrons. The number of hydrogen-bond donors (Lipinski definition) is 0. The van der Waals surface area contributed by atoms with E-state index in [1.54, 1.807) is 0 Å². The van der Waals surface area contributed by atoms with Gasteiger partial charge in [0.1, 0.15) is 0 Å². The molecular formula is C17H20Cl2N2. The second-order valence-corrected chi connectivity index (χ2v) is 5.80. The highest BCUT2D eigenvalue weighted by Crippen LogP contribution is 2.38. The van der Waals surface area contributed by atoms with Crippen LogP contribution >= 0.6 is 24.8 Å². The number of aryl methyl sites for hydroxylation is 2. The Morgan fingerprint density at radius 1 is 0.714 bits per heavy atom. The first-order chi connectivity index (χ1) is 9.20. The summed E-state index contributed by atoms with van der Waals surface area (Å²) in [7, 11) is 0. The van der Waals surface area contributed by atoms with Gasteiger partial charge in [-0.15, -0.1) is 24.8 Å². The van der Waals surface area contributed by atoms with Crippen molar-refractivity contribution >= 4 is 36.2 Å². The van der Waals surface area contributed by atoms with E-state index in [1.807, 2.05) is 0 Å². The van der Waals surface area contributed by atoms with Crippen LogP contribution in [0, 0.1) is 13.8 Å². The molecule has 0 atom stereocenters. The number of fused-ring (bicyclic) bond motifs is 6. The van der Waals surface area contributed by atoms with Crippen molar-refractivity contribution < 1.29 is 0 Å². The van der Waals surface area contributed by atoms with E-state index >= 15 is 0 Å². The zero-order valence-corrected chi connectivity index (χ0v) is 13.9. The fourth-order valence-electron chi connectivity index (χ4n) is 3.34. The van der Waals surface area contributed by atoms with Crippen molar-refractivity contribution in [2.24, 2.45) is 0 Å². The Labute approximate surface area is 138 Å². The third kappa shape index (κ3) is 2.58. The maximum atomic E-state index is 2.49. The Morgan fingerprint density at radius 3 is 1.57 bits per heavy atom. The molecule has 2 bridgehead atoms. The van der Waals surface area contributed by atoms with Gasteiger partial charge >= 0.3 is 0 Å². The summed E-state index contributed by atoms with van der Waals surface area (Å²) >= 11 is 0. The SMILES string of the molecule is Cc1ccc2c(c1)CN1CN2Cc2cc(C)ccc21.Cl.Cl. The second-order valence-electron chi connectivity index (χ2n) is 5.80. The molecule has 2 aromatic carbocycles. The predicted molar refractivity (Wildman–Crippen MR) is 94.1 cm³/mol. The summed E-state index contributed by atoms with van der Waals surface area (Å²) in [6.45, 7) is 7.43. The van der Waals surface area contributed by atoms with Gasteiger partial charge in [-0.05, 0) is 37.1 Å². The molecule has 2 aliphatic heterocycles. The molecule has 2 heterocycles. The first kappa shape index (κ1) is 16.0. The fraction of sp³-hybridized carbons (Fsp3) is 0.294. The van der Waals surface area contributed by atoms with Crippen molar-refractivity contribution in [3.63, 3.8) is 0 Å². The quantitative estimate of drug-likeness (QED) is 0.707. The maximum Gasteiger partial charge on any atom is 0.0910 e. The minimum Gasteiger partial charge on any atom is -0.349 e. The first-order valence-corrected chi connectivity index (χ1v) is 6.90. The van der Waals surface area contributed by atoms with Crippen molar-refractivity contribution in [2.45, 2.75) is 26.9 Å². The lowest BCUT2D eigenvalue weighted by Crippen LogP contribution is -2.46. The van der Waals surface area contributed by atoms with Crippen LogP contribution in [-0.2, 0) is 13.1 Å². The van der Waals surface area contributed by atoms with Crippen LogP contribution in [-0.4, -0.2) is 6.67 Å². The van der Waals surface area contributed by atoms with Gasteiger partial charge in [0.2, 0.25) is 0 Å². The van der Waals surface area contributed by atoms with E-state index in [4.69, 9.17) is 0 Å². The molecule has 21 heavy (non-hydrogen) atoms. The lowest BCUT2D eigenvalue weighted by Gasteiger charge is -2.45. The van der Waals surface area contributed by atoms with Crippen molar-refractivity contribution in [3.05, 3.63) is 58.7 Å². The van der Waals surface area contributed by atoms with Crippen LogP contribution in [0.4, 0.5) is 11.4 Å². The summed E-state index contributed by atoms with van der Waals surface area (Å²) in [5.74, 6) is 0. The Kier molecular flexibility index (Phi) is 4.40. The summed E-state index contributed by atoms with van der Waals surface area (Å²) in [5.41, 5.74) is 8.44. The average molecular weight is 323 g/mol. The Hall–Kier alpha value is -1.38. The van der Waals surface area contributed by atoms with Gasteiger partial charge in [-0.3, -0.25) is 0 Å². The minimum atomic E-state index is 0. The van der Waals surface area contributed by atoms with Crippen LogP contribution in [0.3, 0.4) is 0 Å². The second kappa shape index (κ2) is 5.78. The lowest BCUT2D eigenvalue weighted by atomic mass is 9.99. The minimum absolute atomic E-state index is 0. The maximum absolute atomic E-state index is 2.49. The monoisotopic (exact) mass is 322 g/mol. The van der Waals surface area contributed by atoms with Gasteiger partial charge < -0.3 is 9.80 Å². The molecule has 0 N–H and O–H groups in total. The largest absolute Gasteiger partial charge is 0.349 e. The smallest absolute Gasteiger partial charge is 0.0910 e. The topological polar surface area (TPSA) is 6.48 Å². The van der Waals surface area contributed by atoms with Crippen LogP contribution in [0.5, 0.6) is 0 Å². The molecule has 0 radical (unpaired) electrons. The van der Waals surface area contributed by atoms with Gasteiger partial charge in [0, 0.05) is 24.5 Å². The molecule has 2 aromatic rings. The summed E-state index contributed by atoms with van der Waals surface area (Å²) in [4.78, 5) is 4.97. The van der Waals surface area contributed by atoms with E-state index < -0.39 is 0 Å². The molecule has 4 rings (SSSR count). The van der Waals surface area contributed by atoms with Gasteiger partial charge in [-0.1, -0.05) is 35.4 Å². The van der Waals surface area contributed by atoms with E-state index in [2.05, 4.69) is 60.0 Å². The molecule has 0 fully saturated rings. The van der Waals surface area contributed by atoms with E-state index in [0.29, 0.717) is 0 Å². The van der Waals surface area contributed by atoms with Crippen LogP contribution in [0.1, 0.15) is 22.3 Å². The predicted octanol–water partition coefficient (Wildman–Crippen LogP) is 4.44. The average Bonchev–Trinajstić information content (AvgIpc) is 2.37. The van der Waals surface area contributed by atoms with E-state index in [-0.39, 0.29) is 24.8 Å². The molecule has 0 aromatic heterocycles. The summed E-state index contributed by atoms with van der Waals surface area (Å²) in [6.07, 6.45) is 0. The van der Waals surface area contributed by atoms with E-state index in [1.165, 1.54) is 33.6 Å². The fourth-order valence-corrected chi connectivity index (χ4v) is 3.34. The highest BCUT2D eigenvalue weighted by atomic mass is 35.5. The highest BCUT2D eigenvalue weighted by molar-refractivity contribution is 5.85. The van der Waals surface area contributed by atoms with Gasteiger partial charge in [-0.25, -0.2) is 0 Å². The van der Waals surface area contributed by atoms with Crippen LogP contribution in [0.2, 0.25) is 0 Å². The molecule has 2 aliphatic rings. The summed E-state index contributed by atoms with van der Waals surface area (Å²) in [6, 6.07) is 13.7. The van der Waals surface area contributed by atoms with E-state index in [0.717, 1.165) is 19.8 Å². The molecule has 2 nitrogen and oxygen atoms in total. The lowest BCUT2D eigenvalue weighted by molar-refractivity contribution is 0.650. The van der Waals surface area contributed by atoms with Crippen LogP contribution < -0.4 is 9.80 Å². The van der Waals surface area contributed by atoms with Gasteiger partial charge in [-0.2, -0.15) is 0 Å². The number of hydrogen-bond acceptors (Lipinski definition) is 2. The molecule has 0 spiro atoms. The number of benzene rings is 2. The number of anilines is 2. The third-order valence-corrected chi connectivity index (χ3v) is 4.22. The number of rotatable bonds is 0. The van der Waals surface area contributed by atoms with Gasteiger partial charge in [0.25, 0.3) is 0 Å². The van der Waals surface area contributed by atoms with Crippen molar-refractivity contribution in [2.75, 3.05) is 16.5 Å². The van der Waals surface area contributed by atoms with Crippen LogP contribution in [0.25, 0.3) is 0 Å². The Balaban J connectivity index is 0.000000807. The Bertz CT molecular complexity index is 612. The molecule has 4 heteroatoms. The Morgan fingerprint density at radius 2 is 1.14 bits per heavy atom. The molecular weight excluding hydrogens is 303 g/mol. The molecule has 0 saturated carbocycles. The first-order valence-electron chi connectivity index (χ1n) is 6.90. The molecule has 0 aliphatic carbocycles. The van der Waals surface area contributed by atoms with Crippen molar-refractivity contribution in [1.29, 1.82) is 0 Å². The van der Waals surface area contributed by atoms with Gasteiger partial charge in [0.05, 0.1) is 6.67 Å². The number of halogens is 2. The zero-order chi connectivity index (χ0) is 13.0. The summed E-state index contributed by atoms with van der Waals surface area (Å²) < 4.78 is 0.